The van der Waals surface area contributed by atoms with Crippen LogP contribution < -0.4 is 31.5 Å². The molecular weight excluding hydrogens is 1250 g/mol. The summed E-state index contributed by atoms with van der Waals surface area (Å²) in [6, 6.07) is 33.7. The Hall–Kier alpha value is -9.06. The fourth-order valence-corrected chi connectivity index (χ4v) is 10.5. The largest absolute Gasteiger partial charge is 0.444 e. The van der Waals surface area contributed by atoms with Crippen LogP contribution in [-0.4, -0.2) is 210 Å². The zero-order valence-electron chi connectivity index (χ0n) is 54.1. The predicted octanol–water partition coefficient (Wildman–Crippen LogP) is 9.00. The number of piperidine rings is 3. The van der Waals surface area contributed by atoms with E-state index in [0.717, 1.165) is 86.0 Å². The lowest BCUT2D eigenvalue weighted by Gasteiger charge is -2.35. The monoisotopic (exact) mass is 1330 g/mol. The maximum atomic E-state index is 12.1. The number of hydrogen-bond acceptors (Lipinski definition) is 24. The van der Waals surface area contributed by atoms with Gasteiger partial charge in [-0.2, -0.15) is 14.4 Å². The van der Waals surface area contributed by atoms with Gasteiger partial charge in [-0.3, -0.25) is 0 Å². The van der Waals surface area contributed by atoms with Crippen molar-refractivity contribution in [2.45, 2.75) is 84.2 Å². The van der Waals surface area contributed by atoms with Gasteiger partial charge in [-0.1, -0.05) is 64.8 Å². The molecule has 5 aliphatic heterocycles. The quantitative estimate of drug-likeness (QED) is 0.0657. The van der Waals surface area contributed by atoms with Crippen LogP contribution in [0.1, 0.15) is 78.6 Å². The van der Waals surface area contributed by atoms with E-state index in [1.807, 2.05) is 123 Å². The number of nitrogens with zero attached hydrogens (tertiary/aromatic N) is 21. The van der Waals surface area contributed by atoms with Gasteiger partial charge in [0.2, 0.25) is 0 Å². The number of thioether (sulfide) groups is 1. The van der Waals surface area contributed by atoms with Gasteiger partial charge >= 0.3 is 6.09 Å². The average Bonchev–Trinajstić information content (AvgIpc) is 1.68. The van der Waals surface area contributed by atoms with Crippen molar-refractivity contribution < 1.29 is 9.53 Å². The molecule has 13 heterocycles. The summed E-state index contributed by atoms with van der Waals surface area (Å²) in [4.78, 5) is 55.4. The highest BCUT2D eigenvalue weighted by Gasteiger charge is 2.28. The van der Waals surface area contributed by atoms with Crippen LogP contribution >= 0.6 is 36.2 Å². The van der Waals surface area contributed by atoms with Gasteiger partial charge in [-0.05, 0) is 210 Å². The summed E-state index contributed by atoms with van der Waals surface area (Å²) >= 11 is 11.4. The number of hydrogen-bond donors (Lipinski definition) is 4. The number of ether oxygens (including phenoxy) is 1. The number of aromatic nitrogens is 14. The topological polar surface area (TPSA) is 294 Å². The number of pyridine rings is 6. The van der Waals surface area contributed by atoms with Crippen LogP contribution in [0.15, 0.2) is 156 Å². The summed E-state index contributed by atoms with van der Waals surface area (Å²) in [6.07, 6.45) is 24.0. The minimum atomic E-state index is -0.489. The zero-order valence-corrected chi connectivity index (χ0v) is 56.6. The maximum Gasteiger partial charge on any atom is 0.410 e. The molecule has 1 amide bonds. The molecule has 0 atom stereocenters. The first kappa shape index (κ1) is 72.4. The summed E-state index contributed by atoms with van der Waals surface area (Å²) in [5.74, 6) is 5.58. The van der Waals surface area contributed by atoms with E-state index in [9.17, 15) is 4.79 Å². The molecule has 0 radical (unpaired) electrons. The van der Waals surface area contributed by atoms with E-state index < -0.39 is 5.60 Å². The fraction of sp³-hybridized carbons (Fsp3) is 0.438. The Bertz CT molecular complexity index is 3400. The van der Waals surface area contributed by atoms with Crippen molar-refractivity contribution in [3.8, 4) is 11.6 Å². The summed E-state index contributed by atoms with van der Waals surface area (Å²) in [5.41, 5.74) is 4.76. The molecule has 94 heavy (non-hydrogen) atoms. The van der Waals surface area contributed by atoms with Crippen molar-refractivity contribution >= 4 is 92.9 Å². The number of amides is 1. The van der Waals surface area contributed by atoms with Gasteiger partial charge in [0.1, 0.15) is 17.2 Å². The Morgan fingerprint density at radius 2 is 1.03 bits per heavy atom. The number of carbonyl (C=O) groups is 1. The highest BCUT2D eigenvalue weighted by Crippen LogP contribution is 2.20. The molecule has 0 aliphatic carbocycles. The molecule has 0 spiro atoms. The molecule has 498 valence electrons. The number of likely N-dealkylation sites (tertiary alicyclic amines) is 2. The second-order valence-corrected chi connectivity index (χ2v) is 23.7. The fourth-order valence-electron chi connectivity index (χ4n) is 9.51. The van der Waals surface area contributed by atoms with E-state index in [4.69, 9.17) is 22.7 Å². The first-order valence-corrected chi connectivity index (χ1v) is 33.7. The van der Waals surface area contributed by atoms with E-state index in [2.05, 4.69) is 125 Å². The molecule has 5 fully saturated rings. The van der Waals surface area contributed by atoms with Gasteiger partial charge in [-0.25, -0.2) is 39.7 Å². The number of rotatable bonds is 7. The Morgan fingerprint density at radius 1 is 0.553 bits per heavy atom. The lowest BCUT2D eigenvalue weighted by Crippen LogP contribution is -2.50. The molecule has 5 N–H and O–H groups in total. The average molecular weight is 1330 g/mol. The molecule has 0 aromatic carbocycles. The molecular formula is C64H87N25O2S3. The number of amidine groups is 1. The Kier molecular flexibility index (Phi) is 32.0. The second kappa shape index (κ2) is 41.5. The Labute approximate surface area is 565 Å². The molecule has 5 saturated heterocycles. The lowest BCUT2D eigenvalue weighted by molar-refractivity contribution is 0.0240. The molecule has 13 rings (SSSR count). The molecule has 0 unspecified atom stereocenters. The van der Waals surface area contributed by atoms with E-state index in [-0.39, 0.29) is 6.09 Å². The van der Waals surface area contributed by atoms with Crippen molar-refractivity contribution in [3.63, 3.8) is 0 Å². The minimum Gasteiger partial charge on any atom is -0.444 e. The van der Waals surface area contributed by atoms with Gasteiger partial charge in [0, 0.05) is 116 Å². The van der Waals surface area contributed by atoms with E-state index >= 15 is 0 Å². The van der Waals surface area contributed by atoms with Gasteiger partial charge in [0.25, 0.3) is 11.9 Å². The molecule has 30 heteroatoms. The second-order valence-electron chi connectivity index (χ2n) is 22.3. The molecule has 0 saturated carbocycles. The maximum absolute atomic E-state index is 12.1. The van der Waals surface area contributed by atoms with Gasteiger partial charge < -0.3 is 50.9 Å². The van der Waals surface area contributed by atoms with Gasteiger partial charge in [0.15, 0.2) is 33.6 Å². The zero-order chi connectivity index (χ0) is 66.3. The van der Waals surface area contributed by atoms with Gasteiger partial charge in [0.05, 0.1) is 5.16 Å². The number of carbonyl (C=O) groups excluding carboxylic acids is 1. The summed E-state index contributed by atoms with van der Waals surface area (Å²) < 4.78 is 8.68. The normalized spacial score (nSPS) is 15.4. The van der Waals surface area contributed by atoms with Crippen LogP contribution in [0.3, 0.4) is 0 Å². The van der Waals surface area contributed by atoms with Crippen LogP contribution in [0, 0.1) is 0 Å². The first-order chi connectivity index (χ1) is 46.0. The summed E-state index contributed by atoms with van der Waals surface area (Å²) in [6.45, 7) is 18.6. The van der Waals surface area contributed by atoms with Crippen LogP contribution in [0.5, 0.6) is 0 Å². The smallest absolute Gasteiger partial charge is 0.410 e. The van der Waals surface area contributed by atoms with Crippen LogP contribution in [0.2, 0.25) is 0 Å². The van der Waals surface area contributed by atoms with Crippen LogP contribution in [-0.2, 0) is 4.74 Å². The molecule has 8 aromatic heterocycles. The van der Waals surface area contributed by atoms with Crippen molar-refractivity contribution in [2.24, 2.45) is 9.98 Å². The number of thiocarbonyl (C=S) groups is 2. The molecule has 5 aliphatic rings. The number of piperazine rings is 2. The van der Waals surface area contributed by atoms with Crippen molar-refractivity contribution in [1.29, 1.82) is 0 Å². The number of aliphatic imine (C=N–C) groups is 2. The van der Waals surface area contributed by atoms with Gasteiger partial charge in [-0.15, -0.1) is 0 Å². The van der Waals surface area contributed by atoms with Crippen LogP contribution in [0.25, 0.3) is 11.6 Å². The highest BCUT2D eigenvalue weighted by atomic mass is 32.2. The summed E-state index contributed by atoms with van der Waals surface area (Å²) in [7, 11) is 0. The third-order valence-corrected chi connectivity index (χ3v) is 15.3. The SMILES string of the molecule is C1CCNCC1.CC(C)(C)OC(=O)N1CCN(c2nnnn2-c2ccccn2)CC1.CSC(=Nc1ccccn1)N1CCCCC1.Nc1ccccn1.S=C(Nc1ccccn1)N1CCCCC1.S=C=Nc1ccccn1.c1ccc(-n2nnnc2N2CCNCC2)nc1. The molecule has 8 aromatic rings. The molecule has 27 nitrogen and oxygen atoms in total. The van der Waals surface area contributed by atoms with E-state index in [1.54, 1.807) is 75.3 Å². The third-order valence-electron chi connectivity index (χ3n) is 14.2. The Balaban J connectivity index is 0.000000162. The first-order valence-electron chi connectivity index (χ1n) is 31.7. The van der Waals surface area contributed by atoms with Crippen LogP contribution in [0.4, 0.5) is 40.0 Å². The standard InChI is InChI=1S/C15H21N7O2.C12H17N3S.C11H15N3S.C10H13N7.C6H4N2S.C5H6N2.C5H11N/c1-15(2,3)24-14(23)21-10-8-20(9-11-21)13-17-18-19-22(13)12-6-4-5-7-16-12;1-16-12(15-9-5-2-6-10-15)14-11-7-3-4-8-13-11;15-11(14-8-4-1-5-9-14)13-10-6-2-3-7-12-10;1-2-4-12-9(3-1)17-10(13-14-15-17)16-7-5-11-6-8-16;9-5-8-6-3-1-2-4-7-6;6-5-3-1-2-4-7-5;1-2-4-6-5-3-1/h4-7H,8-11H2,1-3H3;3-4,7-8H,2,5-6,9-10H2,1H3;2-3,6-7H,1,4-5,8-9H2,(H,12,13,15);1-4,11H,5-8H2;1-4H;1-4H,(H2,6,7);6H,1-5H2. The number of nitrogen functional groups attached to an aromatic ring is 1. The van der Waals surface area contributed by atoms with Crippen molar-refractivity contribution in [1.82, 2.24) is 95.7 Å². The predicted molar refractivity (Wildman–Crippen MR) is 379 cm³/mol. The molecule has 0 bridgehead atoms. The Morgan fingerprint density at radius 3 is 1.46 bits per heavy atom. The number of isothiocyanates is 1. The summed E-state index contributed by atoms with van der Waals surface area (Å²) in [5, 5.41) is 37.5. The third kappa shape index (κ3) is 26.5. The number of anilines is 4. The highest BCUT2D eigenvalue weighted by molar-refractivity contribution is 8.13. The van der Waals surface area contributed by atoms with Crippen molar-refractivity contribution in [3.05, 3.63) is 146 Å². The van der Waals surface area contributed by atoms with E-state index in [0.29, 0.717) is 49.6 Å². The lowest BCUT2D eigenvalue weighted by atomic mass is 10.1. The number of tetrazole rings is 2. The van der Waals surface area contributed by atoms with E-state index in [1.165, 1.54) is 70.9 Å². The minimum absolute atomic E-state index is 0.286. The number of nitrogens with one attached hydrogen (secondary N) is 3. The van der Waals surface area contributed by atoms with Crippen molar-refractivity contribution in [2.75, 3.05) is 119 Å². The number of nitrogens with two attached hydrogens (primary N) is 1.